The summed E-state index contributed by atoms with van der Waals surface area (Å²) < 4.78 is 2.34. The van der Waals surface area contributed by atoms with Crippen LogP contribution in [-0.2, 0) is 0 Å². The highest BCUT2D eigenvalue weighted by Crippen LogP contribution is 2.39. The summed E-state index contributed by atoms with van der Waals surface area (Å²) in [6.07, 6.45) is 0. The van der Waals surface area contributed by atoms with Crippen LogP contribution in [-0.4, -0.2) is 19.5 Å². The van der Waals surface area contributed by atoms with E-state index in [-0.39, 0.29) is 0 Å². The minimum atomic E-state index is 0.685. The van der Waals surface area contributed by atoms with E-state index in [1.165, 1.54) is 43.7 Å². The van der Waals surface area contributed by atoms with Gasteiger partial charge in [-0.2, -0.15) is 0 Å². The lowest BCUT2D eigenvalue weighted by atomic mass is 9.93. The quantitative estimate of drug-likeness (QED) is 0.151. The van der Waals surface area contributed by atoms with Crippen LogP contribution in [0.2, 0.25) is 0 Å². The molecule has 0 N–H and O–H groups in total. The van der Waals surface area contributed by atoms with Gasteiger partial charge in [0.15, 0.2) is 5.82 Å². The zero-order chi connectivity index (χ0) is 41.7. The van der Waals surface area contributed by atoms with Gasteiger partial charge < -0.3 is 4.57 Å². The molecule has 3 aromatic heterocycles. The molecule has 0 aliphatic heterocycles. The lowest BCUT2D eigenvalue weighted by molar-refractivity contribution is 1.17. The molecule has 0 unspecified atom stereocenters. The van der Waals surface area contributed by atoms with Crippen LogP contribution in [0, 0.1) is 0 Å². The van der Waals surface area contributed by atoms with Crippen molar-refractivity contribution in [1.82, 2.24) is 19.5 Å². The molecular weight excluding hydrogens is 765 g/mol. The Balaban J connectivity index is 0.907. The number of hydrogen-bond acceptors (Lipinski definition) is 3. The first-order valence-corrected chi connectivity index (χ1v) is 21.3. The summed E-state index contributed by atoms with van der Waals surface area (Å²) in [5.74, 6) is 0.685. The summed E-state index contributed by atoms with van der Waals surface area (Å²) in [7, 11) is 0. The largest absolute Gasteiger partial charge is 0.309 e. The third kappa shape index (κ3) is 6.53. The highest BCUT2D eigenvalue weighted by molar-refractivity contribution is 6.14. The monoisotopic (exact) mass is 802 g/mol. The zero-order valence-corrected chi connectivity index (χ0v) is 34.2. The molecule has 63 heavy (non-hydrogen) atoms. The molecule has 0 amide bonds. The third-order valence-electron chi connectivity index (χ3n) is 12.2. The summed E-state index contributed by atoms with van der Waals surface area (Å²) >= 11 is 0. The van der Waals surface area contributed by atoms with Gasteiger partial charge in [0.25, 0.3) is 0 Å². The topological polar surface area (TPSA) is 43.6 Å². The number of hydrogen-bond donors (Lipinski definition) is 0. The fourth-order valence-corrected chi connectivity index (χ4v) is 9.12. The molecule has 9 aromatic carbocycles. The van der Waals surface area contributed by atoms with Gasteiger partial charge in [-0.1, -0.05) is 182 Å². The van der Waals surface area contributed by atoms with Gasteiger partial charge in [-0.3, -0.25) is 0 Å². The Morgan fingerprint density at radius 3 is 1.41 bits per heavy atom. The van der Waals surface area contributed by atoms with E-state index in [4.69, 9.17) is 15.0 Å². The Kier molecular flexibility index (Phi) is 8.79. The number of pyridine rings is 1. The molecule has 4 nitrogen and oxygen atoms in total. The molecular formula is C59H38N4. The van der Waals surface area contributed by atoms with E-state index in [0.717, 1.165) is 67.1 Å². The van der Waals surface area contributed by atoms with Crippen LogP contribution in [0.25, 0.3) is 117 Å². The second-order valence-electron chi connectivity index (χ2n) is 16.0. The molecule has 12 aromatic rings. The van der Waals surface area contributed by atoms with Gasteiger partial charge in [0.1, 0.15) is 0 Å². The number of benzene rings is 9. The van der Waals surface area contributed by atoms with Crippen molar-refractivity contribution in [2.24, 2.45) is 0 Å². The smallest absolute Gasteiger partial charge is 0.160 e. The molecule has 0 saturated heterocycles. The van der Waals surface area contributed by atoms with Gasteiger partial charge in [0.2, 0.25) is 0 Å². The molecule has 0 spiro atoms. The summed E-state index contributed by atoms with van der Waals surface area (Å²) in [4.78, 5) is 15.5. The van der Waals surface area contributed by atoms with Gasteiger partial charge >= 0.3 is 0 Å². The van der Waals surface area contributed by atoms with Crippen LogP contribution < -0.4 is 0 Å². The average molecular weight is 803 g/mol. The van der Waals surface area contributed by atoms with Crippen LogP contribution >= 0.6 is 0 Å². The highest BCUT2D eigenvalue weighted by atomic mass is 15.0. The lowest BCUT2D eigenvalue weighted by Gasteiger charge is -2.14. The van der Waals surface area contributed by atoms with Crippen molar-refractivity contribution in [3.05, 3.63) is 231 Å². The van der Waals surface area contributed by atoms with Crippen molar-refractivity contribution in [3.63, 3.8) is 0 Å². The minimum absolute atomic E-state index is 0.685. The molecule has 4 heteroatoms. The fourth-order valence-electron chi connectivity index (χ4n) is 9.12. The summed E-state index contributed by atoms with van der Waals surface area (Å²) in [5, 5.41) is 6.01. The average Bonchev–Trinajstić information content (AvgIpc) is 3.71. The van der Waals surface area contributed by atoms with E-state index in [0.29, 0.717) is 5.82 Å². The number of rotatable bonds is 7. The van der Waals surface area contributed by atoms with E-state index < -0.39 is 0 Å². The zero-order valence-electron chi connectivity index (χ0n) is 34.2. The molecule has 3 heterocycles. The Hall–Kier alpha value is -8.47. The Morgan fingerprint density at radius 2 is 0.794 bits per heavy atom. The Bertz CT molecular complexity index is 3580. The maximum absolute atomic E-state index is 5.20. The van der Waals surface area contributed by atoms with Crippen molar-refractivity contribution in [2.45, 2.75) is 0 Å². The molecule has 0 atom stereocenters. The first-order valence-electron chi connectivity index (χ1n) is 21.3. The maximum Gasteiger partial charge on any atom is 0.160 e. The standard InChI is InChI=1S/C59H38N4/c1-4-14-40(15-5-1)51-37-53(41-16-6-2-7-17-41)60-52-35-31-46-36-45(30-34-48(46)58(51)52)39-24-26-44(27-25-39)59-61-54(42-18-8-3-9-19-42)38-55(62-59)43-28-32-47(33-29-43)63-56-22-12-10-20-49(56)50-21-11-13-23-57(50)63/h1-38H. The first-order chi connectivity index (χ1) is 31.2. The normalized spacial score (nSPS) is 11.5. The number of fused-ring (bicyclic) bond motifs is 6. The number of aromatic nitrogens is 4. The van der Waals surface area contributed by atoms with Crippen LogP contribution in [0.3, 0.4) is 0 Å². The van der Waals surface area contributed by atoms with Gasteiger partial charge in [-0.15, -0.1) is 0 Å². The van der Waals surface area contributed by atoms with Gasteiger partial charge in [0, 0.05) is 44.1 Å². The van der Waals surface area contributed by atoms with Crippen molar-refractivity contribution >= 4 is 43.5 Å². The van der Waals surface area contributed by atoms with E-state index in [9.17, 15) is 0 Å². The van der Waals surface area contributed by atoms with Gasteiger partial charge in [-0.25, -0.2) is 15.0 Å². The van der Waals surface area contributed by atoms with E-state index in [1.54, 1.807) is 0 Å². The van der Waals surface area contributed by atoms with E-state index in [2.05, 4.69) is 223 Å². The molecule has 294 valence electrons. The molecule has 0 radical (unpaired) electrons. The van der Waals surface area contributed by atoms with Crippen LogP contribution in [0.15, 0.2) is 231 Å². The number of para-hydroxylation sites is 2. The molecule has 0 fully saturated rings. The molecule has 12 rings (SSSR count). The molecule has 0 aliphatic rings. The predicted octanol–water partition coefficient (Wildman–Crippen LogP) is 15.3. The lowest BCUT2D eigenvalue weighted by Crippen LogP contribution is -1.97. The van der Waals surface area contributed by atoms with Gasteiger partial charge in [0.05, 0.1) is 33.6 Å². The second-order valence-corrected chi connectivity index (χ2v) is 16.0. The first kappa shape index (κ1) is 36.4. The molecule has 0 aliphatic carbocycles. The minimum Gasteiger partial charge on any atom is -0.309 e. The predicted molar refractivity (Wildman–Crippen MR) is 262 cm³/mol. The highest BCUT2D eigenvalue weighted by Gasteiger charge is 2.16. The summed E-state index contributed by atoms with van der Waals surface area (Å²) in [5.41, 5.74) is 16.0. The second kappa shape index (κ2) is 15.2. The van der Waals surface area contributed by atoms with Gasteiger partial charge in [-0.05, 0) is 81.6 Å². The maximum atomic E-state index is 5.20. The molecule has 0 bridgehead atoms. The van der Waals surface area contributed by atoms with Crippen molar-refractivity contribution in [1.29, 1.82) is 0 Å². The van der Waals surface area contributed by atoms with Crippen LogP contribution in [0.1, 0.15) is 0 Å². The van der Waals surface area contributed by atoms with E-state index in [1.807, 2.05) is 12.1 Å². The number of nitrogens with zero attached hydrogens (tertiary/aromatic N) is 4. The van der Waals surface area contributed by atoms with Crippen molar-refractivity contribution in [2.75, 3.05) is 0 Å². The Labute approximate surface area is 365 Å². The van der Waals surface area contributed by atoms with Crippen molar-refractivity contribution < 1.29 is 0 Å². The van der Waals surface area contributed by atoms with E-state index >= 15 is 0 Å². The van der Waals surface area contributed by atoms with Crippen molar-refractivity contribution in [3.8, 4) is 73.1 Å². The Morgan fingerprint density at radius 1 is 0.302 bits per heavy atom. The summed E-state index contributed by atoms with van der Waals surface area (Å²) in [6.45, 7) is 0. The third-order valence-corrected chi connectivity index (χ3v) is 12.2. The molecule has 0 saturated carbocycles. The SMILES string of the molecule is c1ccc(-c2cc(-c3ccc(-n4c5ccccc5c5ccccc54)cc3)nc(-c3ccc(-c4ccc5c(ccc6nc(-c7ccccc7)cc(-c7ccccc7)c65)c4)cc3)n2)cc1. The van der Waals surface area contributed by atoms with Crippen LogP contribution in [0.4, 0.5) is 0 Å². The van der Waals surface area contributed by atoms with Crippen LogP contribution in [0.5, 0.6) is 0 Å². The summed E-state index contributed by atoms with van der Waals surface area (Å²) in [6, 6.07) is 81.5. The fraction of sp³-hybridized carbons (Fsp3) is 0.